The first kappa shape index (κ1) is 10.5. The highest BCUT2D eigenvalue weighted by atomic mass is 16.7. The first-order valence-corrected chi connectivity index (χ1v) is 5.22. The van der Waals surface area contributed by atoms with E-state index >= 15 is 0 Å². The third-order valence-electron chi connectivity index (χ3n) is 2.28. The van der Waals surface area contributed by atoms with Crippen molar-refractivity contribution in [3.05, 3.63) is 5.82 Å². The Hall–Kier alpha value is -1.01. The van der Waals surface area contributed by atoms with Gasteiger partial charge in [0, 0.05) is 19.0 Å². The molecule has 1 aromatic heterocycles. The molecule has 1 atom stereocenters. The van der Waals surface area contributed by atoms with E-state index < -0.39 is 0 Å². The van der Waals surface area contributed by atoms with Gasteiger partial charge in [-0.2, -0.15) is 10.3 Å². The van der Waals surface area contributed by atoms with E-state index in [2.05, 4.69) is 41.4 Å². The summed E-state index contributed by atoms with van der Waals surface area (Å²) in [5.41, 5.74) is -0.133. The van der Waals surface area contributed by atoms with Gasteiger partial charge in [0.25, 0.3) is 0 Å². The molecular formula is C9H17N5O. The van der Waals surface area contributed by atoms with Gasteiger partial charge in [-0.05, 0) is 27.2 Å². The van der Waals surface area contributed by atoms with Gasteiger partial charge >= 0.3 is 0 Å². The fourth-order valence-electron chi connectivity index (χ4n) is 1.75. The number of rotatable bonds is 2. The molecular weight excluding hydrogens is 194 g/mol. The van der Waals surface area contributed by atoms with Crippen LogP contribution in [0.2, 0.25) is 0 Å². The van der Waals surface area contributed by atoms with Crippen molar-refractivity contribution in [3.63, 3.8) is 0 Å². The van der Waals surface area contributed by atoms with E-state index in [9.17, 15) is 0 Å². The number of hydrogen-bond acceptors (Lipinski definition) is 5. The van der Waals surface area contributed by atoms with Crippen LogP contribution in [-0.4, -0.2) is 44.4 Å². The first-order chi connectivity index (χ1) is 7.04. The number of nitrogens with zero attached hydrogens (tertiary/aromatic N) is 4. The lowest BCUT2D eigenvalue weighted by atomic mass is 10.1. The molecule has 6 heteroatoms. The Labute approximate surface area is 88.9 Å². The van der Waals surface area contributed by atoms with Crippen molar-refractivity contribution in [1.82, 2.24) is 25.7 Å². The summed E-state index contributed by atoms with van der Waals surface area (Å²) in [6.45, 7) is 7.92. The molecule has 1 aliphatic rings. The van der Waals surface area contributed by atoms with Crippen LogP contribution >= 0.6 is 0 Å². The van der Waals surface area contributed by atoms with E-state index in [4.69, 9.17) is 4.84 Å². The second-order valence-electron chi connectivity index (χ2n) is 4.85. The minimum Gasteiger partial charge on any atom is -0.293 e. The quantitative estimate of drug-likeness (QED) is 0.780. The van der Waals surface area contributed by atoms with E-state index in [0.29, 0.717) is 5.92 Å². The second-order valence-corrected chi connectivity index (χ2v) is 4.85. The number of aromatic amines is 1. The lowest BCUT2D eigenvalue weighted by Gasteiger charge is -2.26. The molecule has 6 nitrogen and oxygen atoms in total. The molecule has 84 valence electrons. The molecule has 1 aliphatic heterocycles. The Bertz CT molecular complexity index is 305. The average Bonchev–Trinajstić information content (AvgIpc) is 2.68. The minimum atomic E-state index is -0.133. The van der Waals surface area contributed by atoms with E-state index in [0.717, 1.165) is 25.3 Å². The number of aromatic nitrogens is 4. The smallest absolute Gasteiger partial charge is 0.179 e. The van der Waals surface area contributed by atoms with E-state index in [1.54, 1.807) is 0 Å². The first-order valence-electron chi connectivity index (χ1n) is 5.22. The molecule has 2 rings (SSSR count). The number of tetrazole rings is 1. The Balaban J connectivity index is 1.90. The van der Waals surface area contributed by atoms with Crippen molar-refractivity contribution in [2.75, 3.05) is 13.1 Å². The summed E-state index contributed by atoms with van der Waals surface area (Å²) >= 11 is 0. The highest BCUT2D eigenvalue weighted by Crippen LogP contribution is 2.26. The van der Waals surface area contributed by atoms with Gasteiger partial charge in [0.2, 0.25) is 0 Å². The third-order valence-corrected chi connectivity index (χ3v) is 2.28. The molecule has 0 radical (unpaired) electrons. The average molecular weight is 211 g/mol. The Morgan fingerprint density at radius 1 is 1.47 bits per heavy atom. The zero-order valence-corrected chi connectivity index (χ0v) is 9.40. The number of hydroxylamine groups is 2. The van der Waals surface area contributed by atoms with Gasteiger partial charge in [0.05, 0.1) is 5.60 Å². The standard InChI is InChI=1S/C9H17N5O/c1-9(2,3)15-14-5-4-7(6-14)8-10-12-13-11-8/h7H,4-6H2,1-3H3,(H,10,11,12,13). The fourth-order valence-corrected chi connectivity index (χ4v) is 1.75. The highest BCUT2D eigenvalue weighted by molar-refractivity contribution is 4.95. The SMILES string of the molecule is CC(C)(C)ON1CCC(c2nn[nH]n2)C1. The van der Waals surface area contributed by atoms with Gasteiger partial charge in [-0.3, -0.25) is 4.84 Å². The molecule has 2 heterocycles. The van der Waals surface area contributed by atoms with Crippen LogP contribution in [0.15, 0.2) is 0 Å². The summed E-state index contributed by atoms with van der Waals surface area (Å²) in [5.74, 6) is 1.13. The maximum absolute atomic E-state index is 5.77. The Morgan fingerprint density at radius 3 is 2.87 bits per heavy atom. The molecule has 15 heavy (non-hydrogen) atoms. The van der Waals surface area contributed by atoms with Crippen LogP contribution < -0.4 is 0 Å². The summed E-state index contributed by atoms with van der Waals surface area (Å²) in [6.07, 6.45) is 1.02. The molecule has 1 saturated heterocycles. The van der Waals surface area contributed by atoms with E-state index in [1.165, 1.54) is 0 Å². The Morgan fingerprint density at radius 2 is 2.27 bits per heavy atom. The summed E-state index contributed by atoms with van der Waals surface area (Å²) in [7, 11) is 0. The predicted octanol–water partition coefficient (Wildman–Crippen LogP) is 0.719. The lowest BCUT2D eigenvalue weighted by molar-refractivity contribution is -0.217. The largest absolute Gasteiger partial charge is 0.293 e. The molecule has 1 fully saturated rings. The van der Waals surface area contributed by atoms with Crippen LogP contribution in [0, 0.1) is 0 Å². The topological polar surface area (TPSA) is 66.9 Å². The molecule has 0 bridgehead atoms. The van der Waals surface area contributed by atoms with Crippen LogP contribution in [0.5, 0.6) is 0 Å². The van der Waals surface area contributed by atoms with Crippen LogP contribution in [0.3, 0.4) is 0 Å². The molecule has 0 saturated carbocycles. The van der Waals surface area contributed by atoms with Gasteiger partial charge in [-0.15, -0.1) is 10.2 Å². The van der Waals surface area contributed by atoms with Crippen molar-refractivity contribution >= 4 is 0 Å². The molecule has 0 aromatic carbocycles. The van der Waals surface area contributed by atoms with Crippen LogP contribution in [0.25, 0.3) is 0 Å². The van der Waals surface area contributed by atoms with Crippen molar-refractivity contribution < 1.29 is 4.84 Å². The maximum Gasteiger partial charge on any atom is 0.179 e. The maximum atomic E-state index is 5.77. The molecule has 0 spiro atoms. The van der Waals surface area contributed by atoms with Crippen molar-refractivity contribution in [2.24, 2.45) is 0 Å². The van der Waals surface area contributed by atoms with Crippen LogP contribution in [-0.2, 0) is 4.84 Å². The van der Waals surface area contributed by atoms with Gasteiger partial charge in [0.1, 0.15) is 0 Å². The zero-order valence-electron chi connectivity index (χ0n) is 9.40. The second kappa shape index (κ2) is 3.86. The summed E-state index contributed by atoms with van der Waals surface area (Å²) in [5, 5.41) is 16.0. The molecule has 1 aromatic rings. The van der Waals surface area contributed by atoms with Crippen LogP contribution in [0.4, 0.5) is 0 Å². The van der Waals surface area contributed by atoms with Crippen molar-refractivity contribution in [2.45, 2.75) is 38.7 Å². The third kappa shape index (κ3) is 2.73. The Kier molecular flexibility index (Phi) is 2.70. The van der Waals surface area contributed by atoms with Gasteiger partial charge in [-0.25, -0.2) is 0 Å². The van der Waals surface area contributed by atoms with Gasteiger partial charge < -0.3 is 0 Å². The van der Waals surface area contributed by atoms with E-state index in [1.807, 2.05) is 5.06 Å². The van der Waals surface area contributed by atoms with Gasteiger partial charge in [-0.1, -0.05) is 5.21 Å². The number of H-pyrrole nitrogens is 1. The molecule has 0 amide bonds. The van der Waals surface area contributed by atoms with Gasteiger partial charge in [0.15, 0.2) is 5.82 Å². The lowest BCUT2D eigenvalue weighted by Crippen LogP contribution is -2.32. The molecule has 1 N–H and O–H groups in total. The molecule has 1 unspecified atom stereocenters. The number of hydrogen-bond donors (Lipinski definition) is 1. The van der Waals surface area contributed by atoms with E-state index in [-0.39, 0.29) is 5.60 Å². The predicted molar refractivity (Wildman–Crippen MR) is 53.9 cm³/mol. The highest BCUT2D eigenvalue weighted by Gasteiger charge is 2.29. The normalized spacial score (nSPS) is 23.5. The van der Waals surface area contributed by atoms with Crippen molar-refractivity contribution in [1.29, 1.82) is 0 Å². The van der Waals surface area contributed by atoms with Crippen molar-refractivity contribution in [3.8, 4) is 0 Å². The molecule has 0 aliphatic carbocycles. The fraction of sp³-hybridized carbons (Fsp3) is 0.889. The minimum absolute atomic E-state index is 0.133. The number of nitrogens with one attached hydrogen (secondary N) is 1. The zero-order chi connectivity index (χ0) is 10.9. The summed E-state index contributed by atoms with van der Waals surface area (Å²) in [6, 6.07) is 0. The van der Waals surface area contributed by atoms with Crippen LogP contribution in [0.1, 0.15) is 38.9 Å². The summed E-state index contributed by atoms with van der Waals surface area (Å²) < 4.78 is 0. The monoisotopic (exact) mass is 211 g/mol. The summed E-state index contributed by atoms with van der Waals surface area (Å²) in [4.78, 5) is 5.77.